The molecule has 0 aromatic heterocycles. The zero-order chi connectivity index (χ0) is 21.7. The van der Waals surface area contributed by atoms with Gasteiger partial charge < -0.3 is 10.1 Å². The predicted molar refractivity (Wildman–Crippen MR) is 128 cm³/mol. The SMILES string of the molecule is CCCCCCCCCCCCCCCCOC(=O)/C=C(\C)NCc1ccccc1. The Labute approximate surface area is 185 Å². The Morgan fingerprint density at radius 3 is 1.83 bits per heavy atom. The molecular formula is C27H45NO2. The van der Waals surface area contributed by atoms with Crippen molar-refractivity contribution >= 4 is 5.97 Å². The Morgan fingerprint density at radius 2 is 1.30 bits per heavy atom. The highest BCUT2D eigenvalue weighted by Gasteiger charge is 2.00. The van der Waals surface area contributed by atoms with E-state index in [1.165, 1.54) is 82.6 Å². The summed E-state index contributed by atoms with van der Waals surface area (Å²) in [7, 11) is 0. The average Bonchev–Trinajstić information content (AvgIpc) is 2.75. The Hall–Kier alpha value is -1.77. The van der Waals surface area contributed by atoms with Crippen LogP contribution in [0.25, 0.3) is 0 Å². The molecule has 1 aromatic rings. The first-order chi connectivity index (χ1) is 14.7. The minimum absolute atomic E-state index is 0.247. The van der Waals surface area contributed by atoms with Crippen LogP contribution in [-0.4, -0.2) is 12.6 Å². The van der Waals surface area contributed by atoms with Gasteiger partial charge in [0.1, 0.15) is 0 Å². The molecule has 0 unspecified atom stereocenters. The summed E-state index contributed by atoms with van der Waals surface area (Å²) in [5.74, 6) is -0.247. The Balaban J connectivity index is 1.87. The average molecular weight is 416 g/mol. The summed E-state index contributed by atoms with van der Waals surface area (Å²) in [6, 6.07) is 10.2. The van der Waals surface area contributed by atoms with E-state index in [9.17, 15) is 4.79 Å². The van der Waals surface area contributed by atoms with E-state index in [2.05, 4.69) is 24.4 Å². The Bertz CT molecular complexity index is 553. The van der Waals surface area contributed by atoms with Crippen LogP contribution in [0.1, 0.15) is 109 Å². The molecule has 0 amide bonds. The van der Waals surface area contributed by atoms with Crippen LogP contribution in [0.5, 0.6) is 0 Å². The van der Waals surface area contributed by atoms with Gasteiger partial charge in [-0.1, -0.05) is 121 Å². The van der Waals surface area contributed by atoms with Crippen molar-refractivity contribution in [1.29, 1.82) is 0 Å². The number of ether oxygens (including phenoxy) is 1. The first kappa shape index (κ1) is 26.3. The molecule has 0 aliphatic heterocycles. The molecule has 0 aliphatic carbocycles. The fourth-order valence-corrected chi connectivity index (χ4v) is 3.58. The van der Waals surface area contributed by atoms with Gasteiger partial charge in [-0.3, -0.25) is 0 Å². The fourth-order valence-electron chi connectivity index (χ4n) is 3.58. The van der Waals surface area contributed by atoms with Gasteiger partial charge in [0.05, 0.1) is 6.61 Å². The van der Waals surface area contributed by atoms with E-state index in [0.29, 0.717) is 6.61 Å². The summed E-state index contributed by atoms with van der Waals surface area (Å²) in [5, 5.41) is 3.24. The second-order valence-electron chi connectivity index (χ2n) is 8.43. The third-order valence-electron chi connectivity index (χ3n) is 5.49. The maximum Gasteiger partial charge on any atom is 0.332 e. The van der Waals surface area contributed by atoms with E-state index < -0.39 is 0 Å². The Morgan fingerprint density at radius 1 is 0.800 bits per heavy atom. The zero-order valence-electron chi connectivity index (χ0n) is 19.6. The lowest BCUT2D eigenvalue weighted by Gasteiger charge is -2.07. The standard InChI is InChI=1S/C27H45NO2/c1-3-4-5-6-7-8-9-10-11-12-13-14-15-19-22-30-27(29)23-25(2)28-24-26-20-17-16-18-21-26/h16-18,20-21,23,28H,3-15,19,22,24H2,1-2H3/b25-23+. The van der Waals surface area contributed by atoms with Crippen molar-refractivity contribution < 1.29 is 9.53 Å². The molecule has 3 heteroatoms. The first-order valence-corrected chi connectivity index (χ1v) is 12.3. The summed E-state index contributed by atoms with van der Waals surface area (Å²) in [6.45, 7) is 5.42. The highest BCUT2D eigenvalue weighted by molar-refractivity contribution is 5.82. The first-order valence-electron chi connectivity index (χ1n) is 12.3. The Kier molecular flexibility index (Phi) is 16.8. The molecule has 0 atom stereocenters. The van der Waals surface area contributed by atoms with Gasteiger partial charge in [0, 0.05) is 18.3 Å². The summed E-state index contributed by atoms with van der Waals surface area (Å²) in [4.78, 5) is 11.9. The molecule has 3 nitrogen and oxygen atoms in total. The van der Waals surface area contributed by atoms with Crippen molar-refractivity contribution in [3.8, 4) is 0 Å². The molecule has 0 spiro atoms. The van der Waals surface area contributed by atoms with Crippen LogP contribution in [-0.2, 0) is 16.1 Å². The van der Waals surface area contributed by atoms with Gasteiger partial charge in [-0.05, 0) is 18.9 Å². The largest absolute Gasteiger partial charge is 0.462 e. The number of allylic oxidation sites excluding steroid dienone is 1. The van der Waals surface area contributed by atoms with Crippen molar-refractivity contribution in [1.82, 2.24) is 5.32 Å². The van der Waals surface area contributed by atoms with E-state index in [-0.39, 0.29) is 5.97 Å². The van der Waals surface area contributed by atoms with Gasteiger partial charge >= 0.3 is 5.97 Å². The highest BCUT2D eigenvalue weighted by Crippen LogP contribution is 2.13. The number of rotatable bonds is 19. The minimum Gasteiger partial charge on any atom is -0.462 e. The topological polar surface area (TPSA) is 38.3 Å². The maximum atomic E-state index is 11.9. The smallest absolute Gasteiger partial charge is 0.332 e. The second kappa shape index (κ2) is 19.2. The second-order valence-corrected chi connectivity index (χ2v) is 8.43. The molecule has 0 saturated heterocycles. The number of unbranched alkanes of at least 4 members (excludes halogenated alkanes) is 13. The molecule has 0 fully saturated rings. The van der Waals surface area contributed by atoms with E-state index in [0.717, 1.165) is 25.1 Å². The van der Waals surface area contributed by atoms with Gasteiger partial charge in [0.2, 0.25) is 0 Å². The number of hydrogen-bond acceptors (Lipinski definition) is 3. The molecule has 1 aromatic carbocycles. The fraction of sp³-hybridized carbons (Fsp3) is 0.667. The van der Waals surface area contributed by atoms with Crippen LogP contribution < -0.4 is 5.32 Å². The van der Waals surface area contributed by atoms with Gasteiger partial charge in [0.15, 0.2) is 0 Å². The molecule has 0 aliphatic rings. The number of carbonyl (C=O) groups excluding carboxylic acids is 1. The van der Waals surface area contributed by atoms with Crippen LogP contribution in [0.3, 0.4) is 0 Å². The van der Waals surface area contributed by atoms with E-state index in [1.807, 2.05) is 25.1 Å². The van der Waals surface area contributed by atoms with Crippen molar-refractivity contribution in [2.45, 2.75) is 110 Å². The molecular weight excluding hydrogens is 370 g/mol. The number of esters is 1. The summed E-state index contributed by atoms with van der Waals surface area (Å²) < 4.78 is 5.32. The lowest BCUT2D eigenvalue weighted by Crippen LogP contribution is -2.13. The van der Waals surface area contributed by atoms with Crippen LogP contribution >= 0.6 is 0 Å². The van der Waals surface area contributed by atoms with Gasteiger partial charge in [0.25, 0.3) is 0 Å². The minimum atomic E-state index is -0.247. The monoisotopic (exact) mass is 415 g/mol. The molecule has 1 rings (SSSR count). The number of carbonyl (C=O) groups is 1. The van der Waals surface area contributed by atoms with Gasteiger partial charge in [-0.25, -0.2) is 4.79 Å². The van der Waals surface area contributed by atoms with E-state index in [4.69, 9.17) is 4.74 Å². The molecule has 0 heterocycles. The van der Waals surface area contributed by atoms with Crippen LogP contribution in [0.4, 0.5) is 0 Å². The number of hydrogen-bond donors (Lipinski definition) is 1. The summed E-state index contributed by atoms with van der Waals surface area (Å²) >= 11 is 0. The normalized spacial score (nSPS) is 11.5. The number of nitrogens with one attached hydrogen (secondary N) is 1. The van der Waals surface area contributed by atoms with Crippen molar-refractivity contribution in [2.75, 3.05) is 6.61 Å². The lowest BCUT2D eigenvalue weighted by molar-refractivity contribution is -0.137. The maximum absolute atomic E-state index is 11.9. The lowest BCUT2D eigenvalue weighted by atomic mass is 10.0. The van der Waals surface area contributed by atoms with Crippen LogP contribution in [0.2, 0.25) is 0 Å². The third-order valence-corrected chi connectivity index (χ3v) is 5.49. The van der Waals surface area contributed by atoms with Crippen molar-refractivity contribution in [3.63, 3.8) is 0 Å². The molecule has 170 valence electrons. The molecule has 0 radical (unpaired) electrons. The van der Waals surface area contributed by atoms with Crippen LogP contribution in [0, 0.1) is 0 Å². The van der Waals surface area contributed by atoms with E-state index in [1.54, 1.807) is 6.08 Å². The van der Waals surface area contributed by atoms with Crippen molar-refractivity contribution in [2.24, 2.45) is 0 Å². The molecule has 1 N–H and O–H groups in total. The zero-order valence-corrected chi connectivity index (χ0v) is 19.6. The van der Waals surface area contributed by atoms with Gasteiger partial charge in [-0.2, -0.15) is 0 Å². The van der Waals surface area contributed by atoms with Crippen LogP contribution in [0.15, 0.2) is 42.1 Å². The quantitative estimate of drug-likeness (QED) is 0.143. The van der Waals surface area contributed by atoms with Gasteiger partial charge in [-0.15, -0.1) is 0 Å². The summed E-state index contributed by atoms with van der Waals surface area (Å²) in [6.07, 6.45) is 20.2. The van der Waals surface area contributed by atoms with Crippen molar-refractivity contribution in [3.05, 3.63) is 47.7 Å². The summed E-state index contributed by atoms with van der Waals surface area (Å²) in [5.41, 5.74) is 2.03. The third kappa shape index (κ3) is 16.1. The predicted octanol–water partition coefficient (Wildman–Crippen LogP) is 7.70. The number of benzene rings is 1. The molecule has 0 bridgehead atoms. The molecule has 30 heavy (non-hydrogen) atoms. The highest BCUT2D eigenvalue weighted by atomic mass is 16.5. The van der Waals surface area contributed by atoms with E-state index >= 15 is 0 Å². The molecule has 0 saturated carbocycles.